The zero-order chi connectivity index (χ0) is 15.4. The van der Waals surface area contributed by atoms with Crippen LogP contribution in [0.2, 0.25) is 0 Å². The predicted molar refractivity (Wildman–Crippen MR) is 81.8 cm³/mol. The molecule has 1 N–H and O–H groups in total. The van der Waals surface area contributed by atoms with Gasteiger partial charge in [0, 0.05) is 18.9 Å². The Hall–Kier alpha value is -2.07. The first-order valence-electron chi connectivity index (χ1n) is 5.74. The van der Waals surface area contributed by atoms with Crippen molar-refractivity contribution in [1.82, 2.24) is 4.98 Å². The second-order valence-corrected chi connectivity index (χ2v) is 6.29. The molecule has 2 heterocycles. The third-order valence-electron chi connectivity index (χ3n) is 2.63. The van der Waals surface area contributed by atoms with E-state index in [9.17, 15) is 20.2 Å². The van der Waals surface area contributed by atoms with Crippen LogP contribution in [0.15, 0.2) is 28.3 Å². The van der Waals surface area contributed by atoms with Gasteiger partial charge in [0.2, 0.25) is 0 Å². The Labute approximate surface area is 131 Å². The van der Waals surface area contributed by atoms with Gasteiger partial charge in [-0.15, -0.1) is 0 Å². The maximum atomic E-state index is 11.0. The Morgan fingerprint density at radius 3 is 2.38 bits per heavy atom. The molecule has 0 amide bonds. The zero-order valence-electron chi connectivity index (χ0n) is 10.5. The highest BCUT2D eigenvalue weighted by Crippen LogP contribution is 2.48. The first kappa shape index (κ1) is 15.3. The van der Waals surface area contributed by atoms with E-state index < -0.39 is 21.2 Å². The molecular weight excluding hydrogens is 364 g/mol. The number of nitro groups is 2. The van der Waals surface area contributed by atoms with Crippen molar-refractivity contribution in [3.8, 4) is 0 Å². The van der Waals surface area contributed by atoms with Gasteiger partial charge in [0.15, 0.2) is 8.79 Å². The van der Waals surface area contributed by atoms with Gasteiger partial charge in [-0.3, -0.25) is 25.2 Å². The third kappa shape index (κ3) is 3.52. The van der Waals surface area contributed by atoms with Crippen LogP contribution in [0.3, 0.4) is 0 Å². The lowest BCUT2D eigenvalue weighted by molar-refractivity contribution is -0.421. The Balaban J connectivity index is 2.15. The fourth-order valence-corrected chi connectivity index (χ4v) is 3.41. The van der Waals surface area contributed by atoms with Crippen molar-refractivity contribution in [3.63, 3.8) is 0 Å². The number of hydrogen-bond acceptors (Lipinski definition) is 7. The van der Waals surface area contributed by atoms with Crippen molar-refractivity contribution in [2.45, 2.75) is 6.42 Å². The fraction of sp³-hybridized carbons (Fsp3) is 0.182. The third-order valence-corrected chi connectivity index (χ3v) is 4.41. The maximum Gasteiger partial charge on any atom is 0.381 e. The average Bonchev–Trinajstić information content (AvgIpc) is 2.77. The molecule has 2 aromatic rings. The lowest BCUT2D eigenvalue weighted by Gasteiger charge is -2.03. The van der Waals surface area contributed by atoms with Crippen molar-refractivity contribution >= 4 is 43.6 Å². The molecule has 0 aromatic carbocycles. The molecule has 2 aromatic heterocycles. The Kier molecular flexibility index (Phi) is 4.81. The molecule has 0 radical (unpaired) electrons. The SMILES string of the molecule is O=[N+]([O-])c1c(Br)sc(NCCc2ccncc2)c1[N+](=O)[O-]. The van der Waals surface area contributed by atoms with E-state index in [1.807, 2.05) is 12.1 Å². The molecule has 0 atom stereocenters. The first-order valence-corrected chi connectivity index (χ1v) is 7.35. The summed E-state index contributed by atoms with van der Waals surface area (Å²) in [5.74, 6) is 0. The Morgan fingerprint density at radius 1 is 1.19 bits per heavy atom. The van der Waals surface area contributed by atoms with Crippen molar-refractivity contribution in [3.05, 3.63) is 54.1 Å². The number of rotatable bonds is 6. The summed E-state index contributed by atoms with van der Waals surface area (Å²) in [5.41, 5.74) is -0.00621. The number of anilines is 1. The monoisotopic (exact) mass is 372 g/mol. The zero-order valence-corrected chi connectivity index (χ0v) is 12.9. The van der Waals surface area contributed by atoms with Gasteiger partial charge in [0.05, 0.1) is 9.85 Å². The molecule has 0 fully saturated rings. The highest BCUT2D eigenvalue weighted by atomic mass is 79.9. The topological polar surface area (TPSA) is 111 Å². The Bertz CT molecular complexity index is 676. The van der Waals surface area contributed by atoms with Crippen LogP contribution in [-0.2, 0) is 6.42 Å². The summed E-state index contributed by atoms with van der Waals surface area (Å²) < 4.78 is 0.130. The number of nitrogens with zero attached hydrogens (tertiary/aromatic N) is 3. The molecule has 110 valence electrons. The molecule has 0 aliphatic heterocycles. The number of nitrogens with one attached hydrogen (secondary N) is 1. The highest BCUT2D eigenvalue weighted by molar-refractivity contribution is 9.11. The smallest absolute Gasteiger partial charge is 0.371 e. The van der Waals surface area contributed by atoms with Crippen LogP contribution in [0.4, 0.5) is 16.4 Å². The van der Waals surface area contributed by atoms with Gasteiger partial charge in [-0.25, -0.2) is 0 Å². The standard InChI is InChI=1S/C11H9BrN4O4S/c12-10-8(15(17)18)9(16(19)20)11(21-10)14-6-3-7-1-4-13-5-2-7/h1-2,4-5,14H,3,6H2. The van der Waals surface area contributed by atoms with Crippen LogP contribution >= 0.6 is 27.3 Å². The highest BCUT2D eigenvalue weighted by Gasteiger charge is 2.35. The van der Waals surface area contributed by atoms with Crippen LogP contribution in [0.25, 0.3) is 0 Å². The molecule has 0 aliphatic rings. The molecule has 8 nitrogen and oxygen atoms in total. The van der Waals surface area contributed by atoms with E-state index in [2.05, 4.69) is 26.2 Å². The molecule has 21 heavy (non-hydrogen) atoms. The molecule has 0 saturated carbocycles. The largest absolute Gasteiger partial charge is 0.381 e. The van der Waals surface area contributed by atoms with Crippen LogP contribution in [-0.4, -0.2) is 21.4 Å². The van der Waals surface area contributed by atoms with Crippen molar-refractivity contribution < 1.29 is 9.85 Å². The van der Waals surface area contributed by atoms with Crippen molar-refractivity contribution in [2.24, 2.45) is 0 Å². The Morgan fingerprint density at radius 2 is 1.81 bits per heavy atom. The van der Waals surface area contributed by atoms with Gasteiger partial charge in [-0.05, 0) is 40.0 Å². The van der Waals surface area contributed by atoms with Crippen LogP contribution in [0.5, 0.6) is 0 Å². The second kappa shape index (κ2) is 6.59. The molecular formula is C11H9BrN4O4S. The van der Waals surface area contributed by atoms with E-state index in [4.69, 9.17) is 0 Å². The molecule has 0 unspecified atom stereocenters. The summed E-state index contributed by atoms with van der Waals surface area (Å²) in [5, 5.41) is 25.0. The molecule has 0 aliphatic carbocycles. The molecule has 2 rings (SSSR count). The van der Waals surface area contributed by atoms with Gasteiger partial charge in [-0.2, -0.15) is 0 Å². The maximum absolute atomic E-state index is 11.0. The first-order chi connectivity index (χ1) is 10.0. The van der Waals surface area contributed by atoms with Crippen LogP contribution in [0.1, 0.15) is 5.56 Å². The lowest BCUT2D eigenvalue weighted by atomic mass is 10.2. The summed E-state index contributed by atoms with van der Waals surface area (Å²) in [6.07, 6.45) is 3.94. The number of aromatic nitrogens is 1. The van der Waals surface area contributed by atoms with Crippen molar-refractivity contribution in [2.75, 3.05) is 11.9 Å². The van der Waals surface area contributed by atoms with Gasteiger partial charge in [-0.1, -0.05) is 11.3 Å². The van der Waals surface area contributed by atoms with E-state index in [1.54, 1.807) is 12.4 Å². The quantitative estimate of drug-likeness (QED) is 0.614. The molecule has 10 heteroatoms. The molecule has 0 bridgehead atoms. The van der Waals surface area contributed by atoms with Gasteiger partial charge < -0.3 is 5.32 Å². The molecule has 0 spiro atoms. The summed E-state index contributed by atoms with van der Waals surface area (Å²) in [6.45, 7) is 0.426. The lowest BCUT2D eigenvalue weighted by Crippen LogP contribution is -2.05. The summed E-state index contributed by atoms with van der Waals surface area (Å²) in [7, 11) is 0. The number of thiophene rings is 1. The second-order valence-electron chi connectivity index (χ2n) is 3.95. The summed E-state index contributed by atoms with van der Waals surface area (Å²) in [4.78, 5) is 24.3. The van der Waals surface area contributed by atoms with Gasteiger partial charge in [0.1, 0.15) is 0 Å². The number of pyridine rings is 1. The summed E-state index contributed by atoms with van der Waals surface area (Å²) in [6, 6.07) is 3.67. The van der Waals surface area contributed by atoms with Crippen molar-refractivity contribution in [1.29, 1.82) is 0 Å². The number of hydrogen-bond donors (Lipinski definition) is 1. The van der Waals surface area contributed by atoms with Crippen LogP contribution < -0.4 is 5.32 Å². The average molecular weight is 373 g/mol. The van der Waals surface area contributed by atoms with E-state index in [0.29, 0.717) is 13.0 Å². The normalized spacial score (nSPS) is 10.3. The van der Waals surface area contributed by atoms with E-state index in [0.717, 1.165) is 16.9 Å². The minimum Gasteiger partial charge on any atom is -0.371 e. The fourth-order valence-electron chi connectivity index (χ4n) is 1.70. The van der Waals surface area contributed by atoms with E-state index in [1.165, 1.54) is 0 Å². The van der Waals surface area contributed by atoms with Gasteiger partial charge >= 0.3 is 11.4 Å². The van der Waals surface area contributed by atoms with Crippen LogP contribution in [0, 0.1) is 20.2 Å². The minimum atomic E-state index is -0.757. The van der Waals surface area contributed by atoms with E-state index in [-0.39, 0.29) is 8.79 Å². The van der Waals surface area contributed by atoms with Gasteiger partial charge in [0.25, 0.3) is 0 Å². The number of halogens is 1. The summed E-state index contributed by atoms with van der Waals surface area (Å²) >= 11 is 3.94. The predicted octanol–water partition coefficient (Wildman–Crippen LogP) is 3.38. The molecule has 0 saturated heterocycles. The minimum absolute atomic E-state index is 0.130. The van der Waals surface area contributed by atoms with E-state index >= 15 is 0 Å².